The van der Waals surface area contributed by atoms with E-state index < -0.39 is 74.2 Å². The highest BCUT2D eigenvalue weighted by Crippen LogP contribution is 2.24. The minimum absolute atomic E-state index is 0.267. The van der Waals surface area contributed by atoms with Gasteiger partial charge in [-0.1, -0.05) is 341 Å². The van der Waals surface area contributed by atoms with Crippen molar-refractivity contribution >= 4 is 5.91 Å². The van der Waals surface area contributed by atoms with Crippen LogP contribution in [-0.4, -0.2) is 110 Å². The van der Waals surface area contributed by atoms with Crippen molar-refractivity contribution in [1.29, 1.82) is 0 Å². The topological polar surface area (TPSA) is 189 Å². The van der Waals surface area contributed by atoms with E-state index >= 15 is 0 Å². The van der Waals surface area contributed by atoms with Crippen LogP contribution in [0.25, 0.3) is 0 Å². The molecule has 1 amide bonds. The summed E-state index contributed by atoms with van der Waals surface area (Å²) in [5.41, 5.74) is 0. The van der Waals surface area contributed by atoms with Crippen molar-refractivity contribution in [3.8, 4) is 0 Å². The van der Waals surface area contributed by atoms with E-state index in [-0.39, 0.29) is 6.42 Å². The predicted molar refractivity (Wildman–Crippen MR) is 326 cm³/mol. The second kappa shape index (κ2) is 56.6. The van der Waals surface area contributed by atoms with Crippen LogP contribution in [0.5, 0.6) is 0 Å². The van der Waals surface area contributed by atoms with Gasteiger partial charge in [-0.25, -0.2) is 0 Å². The summed E-state index contributed by atoms with van der Waals surface area (Å²) in [4.78, 5) is 13.2. The molecule has 9 atom stereocenters. The van der Waals surface area contributed by atoms with E-state index in [0.717, 1.165) is 38.5 Å². The molecule has 78 heavy (non-hydrogen) atoms. The average molecular weight is 1110 g/mol. The van der Waals surface area contributed by atoms with E-state index in [9.17, 15) is 40.5 Å². The first kappa shape index (κ1) is 75.1. The van der Waals surface area contributed by atoms with Crippen molar-refractivity contribution in [2.45, 2.75) is 409 Å². The van der Waals surface area contributed by atoms with E-state index in [0.29, 0.717) is 19.3 Å². The highest BCUT2D eigenvalue weighted by atomic mass is 16.7. The van der Waals surface area contributed by atoms with Crippen LogP contribution in [0.3, 0.4) is 0 Å². The van der Waals surface area contributed by atoms with Crippen molar-refractivity contribution in [3.63, 3.8) is 0 Å². The third kappa shape index (κ3) is 43.7. The molecule has 0 spiro atoms. The standard InChI is InChI=1S/C67H133NO10/c1-3-5-7-9-11-13-15-17-19-21-23-25-26-27-28-29-30-31-32-33-35-36-38-40-42-44-46-48-50-52-54-59(70)62(72)58(57-77-67-65(75)64(74)63(73)61(56-69)78-67)68-66(76)60(71)55-53-51-49-47-45-43-41-39-37-34-24-22-20-18-16-14-12-10-8-6-4-2/h58-65,67,69-75H,3-57H2,1-2H3,(H,68,76). The summed E-state index contributed by atoms with van der Waals surface area (Å²) in [6.07, 6.45) is 56.1. The molecule has 0 aromatic heterocycles. The Balaban J connectivity index is 2.19. The van der Waals surface area contributed by atoms with Gasteiger partial charge in [0, 0.05) is 0 Å². The van der Waals surface area contributed by atoms with Gasteiger partial charge in [0.15, 0.2) is 6.29 Å². The number of amides is 1. The number of hydrogen-bond acceptors (Lipinski definition) is 10. The molecule has 0 aromatic rings. The third-order valence-electron chi connectivity index (χ3n) is 17.2. The monoisotopic (exact) mass is 1110 g/mol. The van der Waals surface area contributed by atoms with Crippen LogP contribution >= 0.6 is 0 Å². The molecule has 1 saturated heterocycles. The zero-order valence-corrected chi connectivity index (χ0v) is 51.4. The highest BCUT2D eigenvalue weighted by molar-refractivity contribution is 5.80. The Morgan fingerprint density at radius 3 is 0.949 bits per heavy atom. The number of carbonyl (C=O) groups is 1. The van der Waals surface area contributed by atoms with E-state index in [1.807, 2.05) is 0 Å². The van der Waals surface area contributed by atoms with E-state index in [1.165, 1.54) is 276 Å². The molecule has 1 heterocycles. The van der Waals surface area contributed by atoms with Gasteiger partial charge in [0.2, 0.25) is 5.91 Å². The van der Waals surface area contributed by atoms with E-state index in [1.54, 1.807) is 0 Å². The summed E-state index contributed by atoms with van der Waals surface area (Å²) >= 11 is 0. The van der Waals surface area contributed by atoms with Gasteiger partial charge in [0.25, 0.3) is 0 Å². The Bertz CT molecular complexity index is 1230. The lowest BCUT2D eigenvalue weighted by atomic mass is 9.98. The maximum atomic E-state index is 13.2. The van der Waals surface area contributed by atoms with Crippen LogP contribution in [0.2, 0.25) is 0 Å². The summed E-state index contributed by atoms with van der Waals surface area (Å²) < 4.78 is 11.2. The zero-order valence-electron chi connectivity index (χ0n) is 51.4. The lowest BCUT2D eigenvalue weighted by molar-refractivity contribution is -0.303. The summed E-state index contributed by atoms with van der Waals surface area (Å²) in [5.74, 6) is -0.687. The molecule has 1 aliphatic heterocycles. The molecule has 0 saturated carbocycles. The first-order valence-electron chi connectivity index (χ1n) is 34.4. The maximum Gasteiger partial charge on any atom is 0.249 e. The Hall–Kier alpha value is -0.890. The van der Waals surface area contributed by atoms with Crippen LogP contribution in [0.4, 0.5) is 0 Å². The fourth-order valence-corrected chi connectivity index (χ4v) is 11.6. The maximum absolute atomic E-state index is 13.2. The summed E-state index contributed by atoms with van der Waals surface area (Å²) in [7, 11) is 0. The van der Waals surface area contributed by atoms with Crippen molar-refractivity contribution < 1.29 is 50.0 Å². The molecule has 8 N–H and O–H groups in total. The van der Waals surface area contributed by atoms with Gasteiger partial charge in [0.05, 0.1) is 25.4 Å². The van der Waals surface area contributed by atoms with Gasteiger partial charge in [-0.3, -0.25) is 4.79 Å². The van der Waals surface area contributed by atoms with Crippen LogP contribution in [0.15, 0.2) is 0 Å². The number of nitrogens with one attached hydrogen (secondary N) is 1. The van der Waals surface area contributed by atoms with Crippen LogP contribution in [0.1, 0.15) is 354 Å². The Morgan fingerprint density at radius 1 is 0.397 bits per heavy atom. The quantitative estimate of drug-likeness (QED) is 0.0272. The number of rotatable bonds is 61. The lowest BCUT2D eigenvalue weighted by Crippen LogP contribution is -2.60. The molecule has 11 nitrogen and oxygen atoms in total. The molecular weight excluding hydrogens is 979 g/mol. The van der Waals surface area contributed by atoms with Crippen LogP contribution < -0.4 is 5.32 Å². The number of aliphatic hydroxyl groups is 7. The minimum atomic E-state index is -1.66. The zero-order chi connectivity index (χ0) is 56.8. The second-order valence-electron chi connectivity index (χ2n) is 24.6. The lowest BCUT2D eigenvalue weighted by Gasteiger charge is -2.40. The van der Waals surface area contributed by atoms with Crippen molar-refractivity contribution in [2.75, 3.05) is 13.2 Å². The van der Waals surface area contributed by atoms with Gasteiger partial charge in [-0.2, -0.15) is 0 Å². The van der Waals surface area contributed by atoms with Gasteiger partial charge in [-0.05, 0) is 12.8 Å². The van der Waals surface area contributed by atoms with E-state index in [2.05, 4.69) is 19.2 Å². The van der Waals surface area contributed by atoms with Crippen molar-refractivity contribution in [1.82, 2.24) is 5.32 Å². The molecule has 1 fully saturated rings. The molecule has 0 aliphatic carbocycles. The molecule has 9 unspecified atom stereocenters. The molecule has 1 rings (SSSR count). The predicted octanol–water partition coefficient (Wildman–Crippen LogP) is 16.1. The fraction of sp³-hybridized carbons (Fsp3) is 0.985. The van der Waals surface area contributed by atoms with Crippen LogP contribution in [-0.2, 0) is 14.3 Å². The van der Waals surface area contributed by atoms with Crippen molar-refractivity contribution in [2.24, 2.45) is 0 Å². The number of carbonyl (C=O) groups excluding carboxylic acids is 1. The largest absolute Gasteiger partial charge is 0.394 e. The summed E-state index contributed by atoms with van der Waals surface area (Å²) in [6.45, 7) is 3.52. The molecule has 0 radical (unpaired) electrons. The SMILES string of the molecule is CCCCCCCCCCCCCCCCCCCCCCCCCCCCCCCCC(O)C(O)C(COC1OC(CO)C(O)C(O)C1O)NC(=O)C(O)CCCCCCCCCCCCCCCCCCCCCCC. The summed E-state index contributed by atoms with van der Waals surface area (Å²) in [5, 5.41) is 76.5. The molecular formula is C67H133NO10. The smallest absolute Gasteiger partial charge is 0.249 e. The van der Waals surface area contributed by atoms with Gasteiger partial charge in [-0.15, -0.1) is 0 Å². The van der Waals surface area contributed by atoms with Crippen LogP contribution in [0, 0.1) is 0 Å². The van der Waals surface area contributed by atoms with Gasteiger partial charge in [0.1, 0.15) is 36.6 Å². The Kier molecular flexibility index (Phi) is 54.5. The molecule has 11 heteroatoms. The first-order valence-corrected chi connectivity index (χ1v) is 34.4. The number of aliphatic hydroxyl groups excluding tert-OH is 7. The number of ether oxygens (including phenoxy) is 2. The average Bonchev–Trinajstić information content (AvgIpc) is 3.46. The molecule has 0 bridgehead atoms. The Labute approximate surface area is 481 Å². The second-order valence-corrected chi connectivity index (χ2v) is 24.6. The van der Waals surface area contributed by atoms with E-state index in [4.69, 9.17) is 9.47 Å². The molecule has 466 valence electrons. The number of unbranched alkanes of at least 4 members (excludes halogenated alkanes) is 49. The highest BCUT2D eigenvalue weighted by Gasteiger charge is 2.44. The first-order chi connectivity index (χ1) is 38.2. The molecule has 1 aliphatic rings. The Morgan fingerprint density at radius 2 is 0.667 bits per heavy atom. The van der Waals surface area contributed by atoms with Crippen molar-refractivity contribution in [3.05, 3.63) is 0 Å². The van der Waals surface area contributed by atoms with Gasteiger partial charge >= 0.3 is 0 Å². The van der Waals surface area contributed by atoms with Gasteiger partial charge < -0.3 is 50.5 Å². The molecule has 0 aromatic carbocycles. The fourth-order valence-electron chi connectivity index (χ4n) is 11.6. The summed E-state index contributed by atoms with van der Waals surface area (Å²) in [6, 6.07) is -1.16. The number of hydrogen-bond donors (Lipinski definition) is 8. The third-order valence-corrected chi connectivity index (χ3v) is 17.2. The normalized spacial score (nSPS) is 19.3. The minimum Gasteiger partial charge on any atom is -0.394 e.